The van der Waals surface area contributed by atoms with Crippen LogP contribution >= 0.6 is 0 Å². The van der Waals surface area contributed by atoms with Gasteiger partial charge in [-0.05, 0) is 19.1 Å². The van der Waals surface area contributed by atoms with E-state index in [0.29, 0.717) is 12.2 Å². The van der Waals surface area contributed by atoms with Crippen LogP contribution in [0.3, 0.4) is 0 Å². The van der Waals surface area contributed by atoms with Gasteiger partial charge >= 0.3 is 0 Å². The quantitative estimate of drug-likeness (QED) is 0.567. The van der Waals surface area contributed by atoms with Gasteiger partial charge in [-0.2, -0.15) is 0 Å². The SMILES string of the molecule is CCNc1ccc([N+](=O)[O-])c(C(=O)NCCS(C)(=O)=O)c1. The number of nitro groups is 1. The molecular weight excluding hydrogens is 298 g/mol. The predicted octanol–water partition coefficient (Wildman–Crippen LogP) is 0.801. The van der Waals surface area contributed by atoms with E-state index in [2.05, 4.69) is 10.6 Å². The number of anilines is 1. The molecule has 0 saturated carbocycles. The summed E-state index contributed by atoms with van der Waals surface area (Å²) < 4.78 is 22.0. The lowest BCUT2D eigenvalue weighted by molar-refractivity contribution is -0.385. The number of hydrogen-bond acceptors (Lipinski definition) is 6. The van der Waals surface area contributed by atoms with Gasteiger partial charge in [-0.25, -0.2) is 8.42 Å². The van der Waals surface area contributed by atoms with Crippen LogP contribution in [0.1, 0.15) is 17.3 Å². The zero-order chi connectivity index (χ0) is 16.0. The first-order valence-corrected chi connectivity index (χ1v) is 8.29. The van der Waals surface area contributed by atoms with E-state index >= 15 is 0 Å². The minimum atomic E-state index is -3.21. The Kier molecular flexibility index (Phi) is 5.65. The van der Waals surface area contributed by atoms with Crippen molar-refractivity contribution in [1.29, 1.82) is 0 Å². The molecule has 0 spiro atoms. The second kappa shape index (κ2) is 7.02. The molecule has 2 N–H and O–H groups in total. The number of hydrogen-bond donors (Lipinski definition) is 2. The van der Waals surface area contributed by atoms with Gasteiger partial charge < -0.3 is 10.6 Å². The van der Waals surface area contributed by atoms with Crippen molar-refractivity contribution < 1.29 is 18.1 Å². The molecular formula is C12H17N3O5S. The Morgan fingerprint density at radius 3 is 2.57 bits per heavy atom. The molecule has 0 bridgehead atoms. The average Bonchev–Trinajstić information content (AvgIpc) is 2.37. The maximum Gasteiger partial charge on any atom is 0.282 e. The van der Waals surface area contributed by atoms with Gasteiger partial charge in [-0.3, -0.25) is 14.9 Å². The van der Waals surface area contributed by atoms with Crippen molar-refractivity contribution in [2.75, 3.05) is 30.4 Å². The predicted molar refractivity (Wildman–Crippen MR) is 79.3 cm³/mol. The maximum atomic E-state index is 12.0. The minimum Gasteiger partial charge on any atom is -0.385 e. The Bertz CT molecular complexity index is 642. The molecule has 1 amide bonds. The molecule has 116 valence electrons. The Labute approximate surface area is 122 Å². The van der Waals surface area contributed by atoms with Gasteiger partial charge in [0.15, 0.2) is 0 Å². The summed E-state index contributed by atoms with van der Waals surface area (Å²) in [6.07, 6.45) is 1.05. The van der Waals surface area contributed by atoms with Gasteiger partial charge in [0.05, 0.1) is 10.7 Å². The number of rotatable bonds is 7. The molecule has 0 atom stereocenters. The third kappa shape index (κ3) is 5.38. The summed E-state index contributed by atoms with van der Waals surface area (Å²) in [5, 5.41) is 16.3. The molecule has 0 aromatic heterocycles. The molecule has 0 unspecified atom stereocenters. The number of carbonyl (C=O) groups is 1. The van der Waals surface area contributed by atoms with Crippen LogP contribution in [0.2, 0.25) is 0 Å². The largest absolute Gasteiger partial charge is 0.385 e. The highest BCUT2D eigenvalue weighted by Crippen LogP contribution is 2.22. The fourth-order valence-corrected chi connectivity index (χ4v) is 2.11. The van der Waals surface area contributed by atoms with E-state index in [1.165, 1.54) is 18.2 Å². The van der Waals surface area contributed by atoms with E-state index in [9.17, 15) is 23.3 Å². The lowest BCUT2D eigenvalue weighted by Gasteiger charge is -2.08. The van der Waals surface area contributed by atoms with Crippen LogP contribution in [0.4, 0.5) is 11.4 Å². The first-order valence-electron chi connectivity index (χ1n) is 6.23. The molecule has 9 heteroatoms. The fraction of sp³-hybridized carbons (Fsp3) is 0.417. The molecule has 21 heavy (non-hydrogen) atoms. The summed E-state index contributed by atoms with van der Waals surface area (Å²) in [6, 6.07) is 4.12. The average molecular weight is 315 g/mol. The van der Waals surface area contributed by atoms with E-state index in [4.69, 9.17) is 0 Å². The van der Waals surface area contributed by atoms with Crippen LogP contribution < -0.4 is 10.6 Å². The van der Waals surface area contributed by atoms with Crippen molar-refractivity contribution in [2.45, 2.75) is 6.92 Å². The second-order valence-electron chi connectivity index (χ2n) is 4.41. The van der Waals surface area contributed by atoms with Gasteiger partial charge in [0.2, 0.25) is 0 Å². The van der Waals surface area contributed by atoms with Crippen LogP contribution in [-0.2, 0) is 9.84 Å². The third-order valence-corrected chi connectivity index (χ3v) is 3.52. The normalized spacial score (nSPS) is 11.0. The van der Waals surface area contributed by atoms with Crippen molar-refractivity contribution in [3.63, 3.8) is 0 Å². The summed E-state index contributed by atoms with van der Waals surface area (Å²) in [5.41, 5.74) is 0.150. The van der Waals surface area contributed by atoms with Crippen molar-refractivity contribution in [2.24, 2.45) is 0 Å². The molecule has 0 aliphatic carbocycles. The van der Waals surface area contributed by atoms with Crippen molar-refractivity contribution in [3.8, 4) is 0 Å². The Balaban J connectivity index is 2.94. The maximum absolute atomic E-state index is 12.0. The Morgan fingerprint density at radius 1 is 1.38 bits per heavy atom. The topological polar surface area (TPSA) is 118 Å². The molecule has 0 heterocycles. The van der Waals surface area contributed by atoms with E-state index in [0.717, 1.165) is 6.26 Å². The number of amides is 1. The van der Waals surface area contributed by atoms with Crippen LogP contribution in [0.5, 0.6) is 0 Å². The van der Waals surface area contributed by atoms with Gasteiger partial charge in [0.1, 0.15) is 15.4 Å². The summed E-state index contributed by atoms with van der Waals surface area (Å²) in [6.45, 7) is 2.36. The van der Waals surface area contributed by atoms with Crippen molar-refractivity contribution >= 4 is 27.1 Å². The van der Waals surface area contributed by atoms with Gasteiger partial charge in [0, 0.05) is 31.1 Å². The van der Waals surface area contributed by atoms with Gasteiger partial charge in [0.25, 0.3) is 11.6 Å². The second-order valence-corrected chi connectivity index (χ2v) is 6.66. The van der Waals surface area contributed by atoms with Crippen molar-refractivity contribution in [3.05, 3.63) is 33.9 Å². The highest BCUT2D eigenvalue weighted by Gasteiger charge is 2.20. The van der Waals surface area contributed by atoms with Gasteiger partial charge in [-0.1, -0.05) is 0 Å². The van der Waals surface area contributed by atoms with E-state index < -0.39 is 20.7 Å². The number of nitro benzene ring substituents is 1. The van der Waals surface area contributed by atoms with E-state index in [-0.39, 0.29) is 23.5 Å². The third-order valence-electron chi connectivity index (χ3n) is 2.58. The van der Waals surface area contributed by atoms with Gasteiger partial charge in [-0.15, -0.1) is 0 Å². The highest BCUT2D eigenvalue weighted by atomic mass is 32.2. The number of nitrogens with zero attached hydrogens (tertiary/aromatic N) is 1. The highest BCUT2D eigenvalue weighted by molar-refractivity contribution is 7.90. The molecule has 1 rings (SSSR count). The zero-order valence-electron chi connectivity index (χ0n) is 11.8. The summed E-state index contributed by atoms with van der Waals surface area (Å²) >= 11 is 0. The number of benzene rings is 1. The fourth-order valence-electron chi connectivity index (χ4n) is 1.64. The van der Waals surface area contributed by atoms with E-state index in [1.54, 1.807) is 0 Å². The summed E-state index contributed by atoms with van der Waals surface area (Å²) in [5.74, 6) is -0.899. The van der Waals surface area contributed by atoms with Crippen LogP contribution in [0.15, 0.2) is 18.2 Å². The van der Waals surface area contributed by atoms with Crippen LogP contribution in [-0.4, -0.2) is 44.3 Å². The molecule has 1 aromatic carbocycles. The van der Waals surface area contributed by atoms with Crippen LogP contribution in [0.25, 0.3) is 0 Å². The molecule has 0 fully saturated rings. The van der Waals surface area contributed by atoms with Crippen molar-refractivity contribution in [1.82, 2.24) is 5.32 Å². The molecule has 8 nitrogen and oxygen atoms in total. The molecule has 0 radical (unpaired) electrons. The zero-order valence-corrected chi connectivity index (χ0v) is 12.6. The number of carbonyl (C=O) groups excluding carboxylic acids is 1. The molecule has 0 saturated heterocycles. The lowest BCUT2D eigenvalue weighted by Crippen LogP contribution is -2.29. The molecule has 1 aromatic rings. The Hall–Kier alpha value is -2.16. The Morgan fingerprint density at radius 2 is 2.05 bits per heavy atom. The number of sulfone groups is 1. The van der Waals surface area contributed by atoms with E-state index in [1.807, 2.05) is 6.92 Å². The standard InChI is InChI=1S/C12H17N3O5S/c1-3-13-9-4-5-11(15(17)18)10(8-9)12(16)14-6-7-21(2,19)20/h4-5,8,13H,3,6-7H2,1-2H3,(H,14,16). The summed E-state index contributed by atoms with van der Waals surface area (Å²) in [7, 11) is -3.21. The monoisotopic (exact) mass is 315 g/mol. The first-order chi connectivity index (χ1) is 9.74. The lowest BCUT2D eigenvalue weighted by atomic mass is 10.1. The smallest absolute Gasteiger partial charge is 0.282 e. The first kappa shape index (κ1) is 16.9. The number of nitrogens with one attached hydrogen (secondary N) is 2. The molecule has 0 aliphatic rings. The molecule has 0 aliphatic heterocycles. The summed E-state index contributed by atoms with van der Waals surface area (Å²) in [4.78, 5) is 22.3. The minimum absolute atomic E-state index is 0.0970. The van der Waals surface area contributed by atoms with Crippen LogP contribution in [0, 0.1) is 10.1 Å².